The molecule has 0 radical (unpaired) electrons. The molecule has 0 aliphatic carbocycles. The fourth-order valence-electron chi connectivity index (χ4n) is 3.63. The number of fused-ring (bicyclic) bond motifs is 4. The van der Waals surface area contributed by atoms with Crippen LogP contribution in [-0.4, -0.2) is 19.0 Å². The molecule has 138 valence electrons. The Labute approximate surface area is 157 Å². The van der Waals surface area contributed by atoms with Gasteiger partial charge in [-0.15, -0.1) is 0 Å². The number of nitrogens with two attached hydrogens (primary N) is 1. The lowest BCUT2D eigenvalue weighted by Gasteiger charge is -2.33. The summed E-state index contributed by atoms with van der Waals surface area (Å²) in [6.45, 7) is 1.55. The van der Waals surface area contributed by atoms with Crippen LogP contribution in [0.4, 0.5) is 5.69 Å². The van der Waals surface area contributed by atoms with Crippen molar-refractivity contribution in [2.45, 2.75) is 12.3 Å². The number of halogens is 1. The summed E-state index contributed by atoms with van der Waals surface area (Å²) in [4.78, 5) is 38.6. The second-order valence-corrected chi connectivity index (χ2v) is 6.49. The van der Waals surface area contributed by atoms with Gasteiger partial charge in [-0.05, 0) is 13.0 Å². The Balaban J connectivity index is 2.21. The molecule has 1 aromatic heterocycles. The van der Waals surface area contributed by atoms with E-state index in [2.05, 4.69) is 5.32 Å². The van der Waals surface area contributed by atoms with Gasteiger partial charge < -0.3 is 24.9 Å². The summed E-state index contributed by atoms with van der Waals surface area (Å²) in [7, 11) is 1.13. The smallest absolute Gasteiger partial charge is 0.344 e. The highest BCUT2D eigenvalue weighted by atomic mass is 35.5. The molecule has 27 heavy (non-hydrogen) atoms. The molecule has 2 aromatic rings. The van der Waals surface area contributed by atoms with Crippen molar-refractivity contribution in [1.82, 2.24) is 0 Å². The summed E-state index contributed by atoms with van der Waals surface area (Å²) < 4.78 is 15.5. The van der Waals surface area contributed by atoms with Crippen LogP contribution in [0.2, 0.25) is 5.02 Å². The lowest BCUT2D eigenvalue weighted by molar-refractivity contribution is -0.138. The van der Waals surface area contributed by atoms with Gasteiger partial charge in [-0.2, -0.15) is 0 Å². The van der Waals surface area contributed by atoms with Crippen molar-refractivity contribution in [1.29, 1.82) is 0 Å². The number of carbonyl (C=O) groups excluding carboxylic acids is 2. The van der Waals surface area contributed by atoms with Gasteiger partial charge in [0.2, 0.25) is 11.8 Å². The van der Waals surface area contributed by atoms with E-state index in [1.165, 1.54) is 6.07 Å². The maximum Gasteiger partial charge on any atom is 0.344 e. The number of para-hydroxylation sites is 1. The van der Waals surface area contributed by atoms with E-state index in [9.17, 15) is 14.4 Å². The van der Waals surface area contributed by atoms with Crippen LogP contribution in [0.3, 0.4) is 0 Å². The number of rotatable bonds is 1. The summed E-state index contributed by atoms with van der Waals surface area (Å²) in [6.07, 6.45) is 0. The second-order valence-electron chi connectivity index (χ2n) is 6.08. The standard InChI is InChI=1S/C18H13ClN2O6/c1-7-6-10-11(16(23)26-7)18(12(14(20)27-10)15(22)25-2)8-4-3-5-9(19)13(8)21-17(18)24/h3-6H,20H2,1-2H3,(H,21,24)/t18-/m0/s1. The largest absolute Gasteiger partial charge is 0.465 e. The van der Waals surface area contributed by atoms with Crippen LogP contribution in [0, 0.1) is 6.92 Å². The molecule has 0 fully saturated rings. The molecule has 3 N–H and O–H groups in total. The van der Waals surface area contributed by atoms with Crippen LogP contribution >= 0.6 is 11.6 Å². The molecule has 4 rings (SSSR count). The normalized spacial score (nSPS) is 20.0. The number of hydrogen-bond acceptors (Lipinski definition) is 7. The van der Waals surface area contributed by atoms with Crippen molar-refractivity contribution in [3.8, 4) is 5.75 Å². The summed E-state index contributed by atoms with van der Waals surface area (Å²) in [6, 6.07) is 6.17. The van der Waals surface area contributed by atoms with Crippen molar-refractivity contribution in [3.63, 3.8) is 0 Å². The fraction of sp³-hybridized carbons (Fsp3) is 0.167. The lowest BCUT2D eigenvalue weighted by atomic mass is 9.69. The van der Waals surface area contributed by atoms with Gasteiger partial charge in [0.15, 0.2) is 0 Å². The van der Waals surface area contributed by atoms with E-state index < -0.39 is 22.9 Å². The number of aryl methyl sites for hydroxylation is 1. The average molecular weight is 389 g/mol. The van der Waals surface area contributed by atoms with E-state index in [-0.39, 0.29) is 44.8 Å². The van der Waals surface area contributed by atoms with Gasteiger partial charge in [0, 0.05) is 11.6 Å². The predicted octanol–water partition coefficient (Wildman–Crippen LogP) is 1.58. The van der Waals surface area contributed by atoms with E-state index >= 15 is 0 Å². The zero-order chi connectivity index (χ0) is 19.5. The average Bonchev–Trinajstić information content (AvgIpc) is 2.88. The Morgan fingerprint density at radius 2 is 2.07 bits per heavy atom. The Hall–Kier alpha value is -3.26. The Morgan fingerprint density at radius 3 is 2.78 bits per heavy atom. The number of hydrogen-bond donors (Lipinski definition) is 2. The number of nitrogens with one attached hydrogen (secondary N) is 1. The molecule has 1 aromatic carbocycles. The number of benzene rings is 1. The Bertz CT molecular complexity index is 1120. The van der Waals surface area contributed by atoms with Gasteiger partial charge >= 0.3 is 11.6 Å². The van der Waals surface area contributed by atoms with Crippen LogP contribution in [0.5, 0.6) is 5.75 Å². The molecule has 0 bridgehead atoms. The van der Waals surface area contributed by atoms with Gasteiger partial charge in [0.1, 0.15) is 28.1 Å². The quantitative estimate of drug-likeness (QED) is 0.711. The molecule has 0 unspecified atom stereocenters. The minimum absolute atomic E-state index is 0.0249. The molecule has 2 aliphatic heterocycles. The van der Waals surface area contributed by atoms with Crippen LogP contribution in [0.25, 0.3) is 0 Å². The van der Waals surface area contributed by atoms with Crippen LogP contribution in [0.15, 0.2) is 44.9 Å². The number of amides is 1. The van der Waals surface area contributed by atoms with Gasteiger partial charge in [0.25, 0.3) is 0 Å². The number of anilines is 1. The van der Waals surface area contributed by atoms with Crippen molar-refractivity contribution < 1.29 is 23.5 Å². The van der Waals surface area contributed by atoms with Crippen LogP contribution in [-0.2, 0) is 19.7 Å². The second kappa shape index (κ2) is 5.62. The van der Waals surface area contributed by atoms with E-state index in [4.69, 9.17) is 31.2 Å². The first kappa shape index (κ1) is 17.2. The molecule has 1 amide bonds. The topological polar surface area (TPSA) is 121 Å². The van der Waals surface area contributed by atoms with E-state index in [1.807, 2.05) is 0 Å². The van der Waals surface area contributed by atoms with E-state index in [1.54, 1.807) is 25.1 Å². The summed E-state index contributed by atoms with van der Waals surface area (Å²) >= 11 is 6.22. The lowest BCUT2D eigenvalue weighted by Crippen LogP contribution is -2.48. The molecule has 9 heteroatoms. The van der Waals surface area contributed by atoms with Gasteiger partial charge in [0.05, 0.1) is 17.8 Å². The molecule has 2 aliphatic rings. The summed E-state index contributed by atoms with van der Waals surface area (Å²) in [5.74, 6) is -1.66. The first-order valence-corrected chi connectivity index (χ1v) is 8.22. The highest BCUT2D eigenvalue weighted by Crippen LogP contribution is 2.53. The third-order valence-corrected chi connectivity index (χ3v) is 4.96. The molecule has 3 heterocycles. The van der Waals surface area contributed by atoms with Crippen LogP contribution in [0.1, 0.15) is 16.9 Å². The SMILES string of the molecule is COC(=O)C1=C(N)Oc2cc(C)oc(=O)c2[C@]12C(=O)Nc1c(Cl)cccc12. The molecular weight excluding hydrogens is 376 g/mol. The summed E-state index contributed by atoms with van der Waals surface area (Å²) in [5, 5.41) is 2.87. The zero-order valence-electron chi connectivity index (χ0n) is 14.2. The fourth-order valence-corrected chi connectivity index (χ4v) is 3.85. The molecular formula is C18H13ClN2O6. The highest BCUT2D eigenvalue weighted by molar-refractivity contribution is 6.35. The first-order valence-electron chi connectivity index (χ1n) is 7.84. The molecule has 0 saturated heterocycles. The van der Waals surface area contributed by atoms with Crippen molar-refractivity contribution in [2.75, 3.05) is 12.4 Å². The van der Waals surface area contributed by atoms with Gasteiger partial charge in [-0.25, -0.2) is 9.59 Å². The Kier molecular flexibility index (Phi) is 3.57. The number of esters is 1. The molecule has 1 atom stereocenters. The first-order chi connectivity index (χ1) is 12.8. The molecule has 0 saturated carbocycles. The van der Waals surface area contributed by atoms with Crippen molar-refractivity contribution in [2.24, 2.45) is 5.73 Å². The van der Waals surface area contributed by atoms with Gasteiger partial charge in [-0.3, -0.25) is 4.79 Å². The Morgan fingerprint density at radius 1 is 1.33 bits per heavy atom. The maximum atomic E-state index is 13.2. The molecule has 1 spiro atoms. The van der Waals surface area contributed by atoms with Crippen molar-refractivity contribution >= 4 is 29.2 Å². The highest BCUT2D eigenvalue weighted by Gasteiger charge is 2.60. The monoisotopic (exact) mass is 388 g/mol. The third-order valence-electron chi connectivity index (χ3n) is 4.64. The van der Waals surface area contributed by atoms with Crippen molar-refractivity contribution in [3.05, 3.63) is 68.1 Å². The number of carbonyl (C=O) groups is 2. The molecule has 8 nitrogen and oxygen atoms in total. The van der Waals surface area contributed by atoms with Gasteiger partial charge in [-0.1, -0.05) is 23.7 Å². The van der Waals surface area contributed by atoms with E-state index in [0.29, 0.717) is 0 Å². The maximum absolute atomic E-state index is 13.2. The summed E-state index contributed by atoms with van der Waals surface area (Å²) in [5.41, 5.74) is 3.33. The number of ether oxygens (including phenoxy) is 2. The minimum Gasteiger partial charge on any atom is -0.465 e. The third kappa shape index (κ3) is 2.07. The number of methoxy groups -OCH3 is 1. The van der Waals surface area contributed by atoms with E-state index in [0.717, 1.165) is 7.11 Å². The van der Waals surface area contributed by atoms with Crippen LogP contribution < -0.4 is 21.4 Å². The zero-order valence-corrected chi connectivity index (χ0v) is 15.0. The minimum atomic E-state index is -1.90. The predicted molar refractivity (Wildman–Crippen MR) is 94.4 cm³/mol.